The van der Waals surface area contributed by atoms with Gasteiger partial charge in [-0.1, -0.05) is 0 Å². The van der Waals surface area contributed by atoms with E-state index < -0.39 is 5.97 Å². The van der Waals surface area contributed by atoms with Gasteiger partial charge in [-0.3, -0.25) is 4.79 Å². The standard InChI is InChI=1S/C25H21N9O3/c26-12-16-1-6-20-17(11-16)13-28-34(20)24-22-23(33(15-27-22)14-21(36)37)29-25(30-24)32-9-7-31(8-10-32)18-2-4-19(35)5-3-18/h1-6,11,13,15,35H,7-10,14H2,(H,36,37). The van der Waals surface area contributed by atoms with Gasteiger partial charge in [-0.15, -0.1) is 0 Å². The van der Waals surface area contributed by atoms with Crippen molar-refractivity contribution in [2.24, 2.45) is 0 Å². The monoisotopic (exact) mass is 495 g/mol. The lowest BCUT2D eigenvalue weighted by Gasteiger charge is -2.36. The largest absolute Gasteiger partial charge is 0.508 e. The average molecular weight is 496 g/mol. The van der Waals surface area contributed by atoms with Crippen LogP contribution in [-0.4, -0.2) is 71.7 Å². The third-order valence-corrected chi connectivity index (χ3v) is 6.41. The highest BCUT2D eigenvalue weighted by atomic mass is 16.4. The van der Waals surface area contributed by atoms with Crippen LogP contribution in [0.1, 0.15) is 5.56 Å². The predicted octanol–water partition coefficient (Wildman–Crippen LogP) is 2.15. The van der Waals surface area contributed by atoms with Crippen molar-refractivity contribution in [3.05, 3.63) is 60.6 Å². The van der Waals surface area contributed by atoms with E-state index in [9.17, 15) is 20.3 Å². The number of nitrogens with zero attached hydrogens (tertiary/aromatic N) is 9. The van der Waals surface area contributed by atoms with Gasteiger partial charge in [0.2, 0.25) is 5.95 Å². The maximum atomic E-state index is 11.5. The molecule has 1 saturated heterocycles. The third-order valence-electron chi connectivity index (χ3n) is 6.41. The molecule has 0 saturated carbocycles. The van der Waals surface area contributed by atoms with E-state index in [-0.39, 0.29) is 12.3 Å². The molecule has 12 heteroatoms. The smallest absolute Gasteiger partial charge is 0.323 e. The van der Waals surface area contributed by atoms with Crippen molar-refractivity contribution in [2.75, 3.05) is 36.0 Å². The van der Waals surface area contributed by atoms with Crippen molar-refractivity contribution in [1.82, 2.24) is 29.3 Å². The van der Waals surface area contributed by atoms with Crippen LogP contribution in [0.4, 0.5) is 11.6 Å². The first kappa shape index (κ1) is 22.3. The summed E-state index contributed by atoms with van der Waals surface area (Å²) in [6, 6.07) is 14.5. The Bertz CT molecular complexity index is 1680. The number of phenolic OH excluding ortho intramolecular Hbond substituents is 1. The van der Waals surface area contributed by atoms with Gasteiger partial charge in [-0.25, -0.2) is 9.67 Å². The molecule has 4 heterocycles. The summed E-state index contributed by atoms with van der Waals surface area (Å²) in [6.07, 6.45) is 3.11. The molecule has 0 aliphatic carbocycles. The van der Waals surface area contributed by atoms with E-state index in [4.69, 9.17) is 9.97 Å². The number of nitriles is 1. The minimum absolute atomic E-state index is 0.226. The number of imidazole rings is 1. The highest BCUT2D eigenvalue weighted by Gasteiger charge is 2.24. The zero-order valence-corrected chi connectivity index (χ0v) is 19.6. The van der Waals surface area contributed by atoms with Gasteiger partial charge in [0.25, 0.3) is 0 Å². The Morgan fingerprint density at radius 2 is 1.78 bits per heavy atom. The fraction of sp³-hybridized carbons (Fsp3) is 0.200. The Balaban J connectivity index is 1.40. The number of fused-ring (bicyclic) bond motifs is 2. The van der Waals surface area contributed by atoms with E-state index in [0.29, 0.717) is 41.6 Å². The quantitative estimate of drug-likeness (QED) is 0.371. The van der Waals surface area contributed by atoms with Gasteiger partial charge in [-0.05, 0) is 42.5 Å². The number of benzene rings is 2. The molecule has 0 unspecified atom stereocenters. The number of phenols is 1. The van der Waals surface area contributed by atoms with Crippen molar-refractivity contribution < 1.29 is 15.0 Å². The van der Waals surface area contributed by atoms with Crippen LogP contribution in [0, 0.1) is 11.3 Å². The molecule has 0 atom stereocenters. The molecule has 0 spiro atoms. The van der Waals surface area contributed by atoms with Crippen LogP contribution >= 0.6 is 0 Å². The second kappa shape index (κ2) is 8.80. The first-order chi connectivity index (χ1) is 18.0. The number of rotatable bonds is 5. The molecule has 5 aromatic rings. The average Bonchev–Trinajstić information content (AvgIpc) is 3.52. The lowest BCUT2D eigenvalue weighted by atomic mass is 10.2. The van der Waals surface area contributed by atoms with Gasteiger partial charge in [0.15, 0.2) is 17.0 Å². The molecule has 3 aromatic heterocycles. The molecule has 2 N–H and O–H groups in total. The Kier molecular flexibility index (Phi) is 5.30. The summed E-state index contributed by atoms with van der Waals surface area (Å²) < 4.78 is 3.13. The molecule has 184 valence electrons. The molecule has 1 aliphatic heterocycles. The third kappa shape index (κ3) is 4.02. The molecule has 0 radical (unpaired) electrons. The maximum absolute atomic E-state index is 11.5. The Labute approximate surface area is 210 Å². The Morgan fingerprint density at radius 3 is 2.51 bits per heavy atom. The van der Waals surface area contributed by atoms with Crippen LogP contribution < -0.4 is 9.80 Å². The van der Waals surface area contributed by atoms with Crippen molar-refractivity contribution in [3.63, 3.8) is 0 Å². The minimum atomic E-state index is -1.00. The summed E-state index contributed by atoms with van der Waals surface area (Å²) in [5, 5.41) is 33.5. The van der Waals surface area contributed by atoms with E-state index >= 15 is 0 Å². The summed E-state index contributed by atoms with van der Waals surface area (Å²) in [5.41, 5.74) is 3.13. The number of hydrogen-bond acceptors (Lipinski definition) is 9. The van der Waals surface area contributed by atoms with Crippen molar-refractivity contribution in [2.45, 2.75) is 6.54 Å². The fourth-order valence-electron chi connectivity index (χ4n) is 4.57. The second-order valence-corrected chi connectivity index (χ2v) is 8.72. The van der Waals surface area contributed by atoms with Gasteiger partial charge in [0.05, 0.1) is 29.7 Å². The number of carboxylic acid groups (broad SMARTS) is 1. The number of carboxylic acids is 1. The SMILES string of the molecule is N#Cc1ccc2c(cnn2-c2nc(N3CCN(c4ccc(O)cc4)CC3)nc3c2ncn3CC(=O)O)c1. The highest BCUT2D eigenvalue weighted by Crippen LogP contribution is 2.27. The van der Waals surface area contributed by atoms with E-state index in [1.54, 1.807) is 41.2 Å². The predicted molar refractivity (Wildman–Crippen MR) is 135 cm³/mol. The summed E-state index contributed by atoms with van der Waals surface area (Å²) in [7, 11) is 0. The lowest BCUT2D eigenvalue weighted by Crippen LogP contribution is -2.47. The molecule has 0 bridgehead atoms. The molecule has 6 rings (SSSR count). The summed E-state index contributed by atoms with van der Waals surface area (Å²) in [6.45, 7) is 2.44. The molecule has 1 aliphatic rings. The fourth-order valence-corrected chi connectivity index (χ4v) is 4.57. The summed E-state index contributed by atoms with van der Waals surface area (Å²) in [5.74, 6) is 0.115. The summed E-state index contributed by atoms with van der Waals surface area (Å²) in [4.78, 5) is 29.7. The van der Waals surface area contributed by atoms with Crippen LogP contribution in [0.25, 0.3) is 27.9 Å². The molecular weight excluding hydrogens is 474 g/mol. The second-order valence-electron chi connectivity index (χ2n) is 8.72. The van der Waals surface area contributed by atoms with Crippen LogP contribution in [0.15, 0.2) is 55.0 Å². The van der Waals surface area contributed by atoms with Crippen LogP contribution in [0.5, 0.6) is 5.75 Å². The number of aromatic hydroxyl groups is 1. The van der Waals surface area contributed by atoms with Gasteiger partial charge in [0.1, 0.15) is 12.3 Å². The normalized spacial score (nSPS) is 13.8. The number of aromatic nitrogens is 6. The molecule has 1 fully saturated rings. The van der Waals surface area contributed by atoms with Gasteiger partial charge in [-0.2, -0.15) is 20.3 Å². The highest BCUT2D eigenvalue weighted by molar-refractivity contribution is 5.87. The number of hydrogen-bond donors (Lipinski definition) is 2. The number of aliphatic carboxylic acids is 1. The van der Waals surface area contributed by atoms with Gasteiger partial charge < -0.3 is 24.6 Å². The summed E-state index contributed by atoms with van der Waals surface area (Å²) >= 11 is 0. The maximum Gasteiger partial charge on any atom is 0.323 e. The molecule has 2 aromatic carbocycles. The van der Waals surface area contributed by atoms with Crippen LogP contribution in [0.3, 0.4) is 0 Å². The molecule has 0 amide bonds. The minimum Gasteiger partial charge on any atom is -0.508 e. The van der Waals surface area contributed by atoms with E-state index in [1.807, 2.05) is 12.1 Å². The van der Waals surface area contributed by atoms with Crippen LogP contribution in [0.2, 0.25) is 0 Å². The Hall–Kier alpha value is -5.18. The van der Waals surface area contributed by atoms with E-state index in [1.165, 1.54) is 10.9 Å². The number of piperazine rings is 1. The van der Waals surface area contributed by atoms with E-state index in [2.05, 4.69) is 26.0 Å². The van der Waals surface area contributed by atoms with Gasteiger partial charge >= 0.3 is 5.97 Å². The van der Waals surface area contributed by atoms with Crippen molar-refractivity contribution >= 4 is 39.7 Å². The lowest BCUT2D eigenvalue weighted by molar-refractivity contribution is -0.137. The molecule has 12 nitrogen and oxygen atoms in total. The number of carbonyl (C=O) groups is 1. The molecule has 37 heavy (non-hydrogen) atoms. The van der Waals surface area contributed by atoms with Crippen molar-refractivity contribution in [3.8, 4) is 17.6 Å². The molecular formula is C25H21N9O3. The number of anilines is 2. The van der Waals surface area contributed by atoms with Crippen molar-refractivity contribution in [1.29, 1.82) is 5.26 Å². The first-order valence-electron chi connectivity index (χ1n) is 11.6. The van der Waals surface area contributed by atoms with Gasteiger partial charge in [0, 0.05) is 37.3 Å². The first-order valence-corrected chi connectivity index (χ1v) is 11.6. The van der Waals surface area contributed by atoms with Crippen LogP contribution in [-0.2, 0) is 11.3 Å². The zero-order chi connectivity index (χ0) is 25.5. The zero-order valence-electron chi connectivity index (χ0n) is 19.6. The topological polar surface area (TPSA) is 149 Å². The van der Waals surface area contributed by atoms with E-state index in [0.717, 1.165) is 29.7 Å². The Morgan fingerprint density at radius 1 is 1.03 bits per heavy atom.